The van der Waals surface area contributed by atoms with Crippen LogP contribution in [0.5, 0.6) is 28.7 Å². The van der Waals surface area contributed by atoms with Gasteiger partial charge in [0, 0.05) is 11.3 Å². The molecule has 0 fully saturated rings. The zero-order valence-electron chi connectivity index (χ0n) is 16.9. The van der Waals surface area contributed by atoms with Gasteiger partial charge in [0.15, 0.2) is 11.5 Å². The Morgan fingerprint density at radius 1 is 0.900 bits per heavy atom. The molecule has 30 heavy (non-hydrogen) atoms. The molecule has 0 aliphatic carbocycles. The summed E-state index contributed by atoms with van der Waals surface area (Å²) < 4.78 is 22.7. The SMILES string of the molecule is CCOc1c(I)cc(C(=O)Nc2ccc(Oc3ccc(OC)cc3)cc2)cc1OC. The second-order valence-electron chi connectivity index (χ2n) is 6.18. The minimum absolute atomic E-state index is 0.238. The van der Waals surface area contributed by atoms with E-state index in [1.165, 1.54) is 0 Å². The van der Waals surface area contributed by atoms with Crippen molar-refractivity contribution in [2.75, 3.05) is 26.1 Å². The van der Waals surface area contributed by atoms with Crippen molar-refractivity contribution in [3.63, 3.8) is 0 Å². The first-order valence-corrected chi connectivity index (χ1v) is 10.4. The fourth-order valence-corrected chi connectivity index (χ4v) is 3.48. The highest BCUT2D eigenvalue weighted by Gasteiger charge is 2.15. The maximum absolute atomic E-state index is 12.7. The van der Waals surface area contributed by atoms with Gasteiger partial charge in [0.2, 0.25) is 0 Å². The lowest BCUT2D eigenvalue weighted by molar-refractivity contribution is 0.102. The molecule has 1 amide bonds. The van der Waals surface area contributed by atoms with Crippen molar-refractivity contribution in [3.8, 4) is 28.7 Å². The van der Waals surface area contributed by atoms with Crippen LogP contribution >= 0.6 is 22.6 Å². The monoisotopic (exact) mass is 519 g/mol. The van der Waals surface area contributed by atoms with E-state index in [-0.39, 0.29) is 5.91 Å². The molecule has 0 heterocycles. The molecular weight excluding hydrogens is 497 g/mol. The summed E-state index contributed by atoms with van der Waals surface area (Å²) in [5.74, 6) is 3.05. The predicted octanol–water partition coefficient (Wildman–Crippen LogP) is 5.75. The topological polar surface area (TPSA) is 66.0 Å². The summed E-state index contributed by atoms with van der Waals surface area (Å²) in [7, 11) is 3.17. The molecule has 0 unspecified atom stereocenters. The molecule has 0 aliphatic rings. The summed E-state index contributed by atoms with van der Waals surface area (Å²) in [6.07, 6.45) is 0. The zero-order chi connectivity index (χ0) is 21.5. The van der Waals surface area contributed by atoms with E-state index in [4.69, 9.17) is 18.9 Å². The van der Waals surface area contributed by atoms with Gasteiger partial charge in [-0.1, -0.05) is 0 Å². The quantitative estimate of drug-likeness (QED) is 0.384. The molecule has 7 heteroatoms. The van der Waals surface area contributed by atoms with Crippen molar-refractivity contribution >= 4 is 34.2 Å². The summed E-state index contributed by atoms with van der Waals surface area (Å²) in [4.78, 5) is 12.7. The average molecular weight is 519 g/mol. The van der Waals surface area contributed by atoms with Crippen molar-refractivity contribution in [3.05, 3.63) is 69.8 Å². The lowest BCUT2D eigenvalue weighted by Gasteiger charge is -2.13. The van der Waals surface area contributed by atoms with Gasteiger partial charge in [-0.15, -0.1) is 0 Å². The molecule has 0 aromatic heterocycles. The summed E-state index contributed by atoms with van der Waals surface area (Å²) in [6, 6.07) is 17.9. The van der Waals surface area contributed by atoms with E-state index in [9.17, 15) is 4.79 Å². The number of carbonyl (C=O) groups excluding carboxylic acids is 1. The number of hydrogen-bond donors (Lipinski definition) is 1. The van der Waals surface area contributed by atoms with E-state index in [0.717, 1.165) is 9.32 Å². The van der Waals surface area contributed by atoms with Gasteiger partial charge in [0.25, 0.3) is 5.91 Å². The highest BCUT2D eigenvalue weighted by atomic mass is 127. The van der Waals surface area contributed by atoms with Gasteiger partial charge >= 0.3 is 0 Å². The smallest absolute Gasteiger partial charge is 0.255 e. The maximum Gasteiger partial charge on any atom is 0.255 e. The van der Waals surface area contributed by atoms with Gasteiger partial charge in [0.1, 0.15) is 17.2 Å². The van der Waals surface area contributed by atoms with Gasteiger partial charge < -0.3 is 24.3 Å². The van der Waals surface area contributed by atoms with Crippen LogP contribution in [0.15, 0.2) is 60.7 Å². The fraction of sp³-hybridized carbons (Fsp3) is 0.174. The molecule has 0 aliphatic heterocycles. The Bertz CT molecular complexity index is 1000. The van der Waals surface area contributed by atoms with E-state index < -0.39 is 0 Å². The highest BCUT2D eigenvalue weighted by molar-refractivity contribution is 14.1. The van der Waals surface area contributed by atoms with E-state index in [1.54, 1.807) is 50.6 Å². The first-order chi connectivity index (χ1) is 14.5. The lowest BCUT2D eigenvalue weighted by Crippen LogP contribution is -2.12. The van der Waals surface area contributed by atoms with Gasteiger partial charge in [-0.25, -0.2) is 0 Å². The van der Waals surface area contributed by atoms with Gasteiger partial charge in [0.05, 0.1) is 24.4 Å². The molecule has 156 valence electrons. The molecule has 0 radical (unpaired) electrons. The van der Waals surface area contributed by atoms with E-state index in [0.29, 0.717) is 40.9 Å². The van der Waals surface area contributed by atoms with Crippen LogP contribution in [-0.2, 0) is 0 Å². The summed E-state index contributed by atoms with van der Waals surface area (Å²) in [5.41, 5.74) is 1.14. The standard InChI is InChI=1S/C23H22INO5/c1-4-29-22-20(24)13-15(14-21(22)28-3)23(26)25-16-5-7-18(8-6-16)30-19-11-9-17(27-2)10-12-19/h5-14H,4H2,1-3H3,(H,25,26). The zero-order valence-corrected chi connectivity index (χ0v) is 19.1. The van der Waals surface area contributed by atoms with Crippen LogP contribution in [0.4, 0.5) is 5.69 Å². The van der Waals surface area contributed by atoms with Crippen molar-refractivity contribution in [1.29, 1.82) is 0 Å². The number of halogens is 1. The second-order valence-corrected chi connectivity index (χ2v) is 7.34. The molecule has 0 saturated heterocycles. The molecule has 1 N–H and O–H groups in total. The Balaban J connectivity index is 1.69. The number of amides is 1. The van der Waals surface area contributed by atoms with Crippen LogP contribution in [0.2, 0.25) is 0 Å². The third kappa shape index (κ3) is 5.35. The molecule has 6 nitrogen and oxygen atoms in total. The van der Waals surface area contributed by atoms with Crippen LogP contribution < -0.4 is 24.3 Å². The lowest BCUT2D eigenvalue weighted by atomic mass is 10.1. The van der Waals surface area contributed by atoms with Crippen LogP contribution in [0.25, 0.3) is 0 Å². The van der Waals surface area contributed by atoms with Crippen molar-refractivity contribution < 1.29 is 23.7 Å². The largest absolute Gasteiger partial charge is 0.497 e. The Kier molecular flexibility index (Phi) is 7.40. The molecule has 0 spiro atoms. The van der Waals surface area contributed by atoms with Crippen molar-refractivity contribution in [2.45, 2.75) is 6.92 Å². The van der Waals surface area contributed by atoms with E-state index >= 15 is 0 Å². The number of anilines is 1. The number of nitrogens with one attached hydrogen (secondary N) is 1. The van der Waals surface area contributed by atoms with E-state index in [1.807, 2.05) is 31.2 Å². The third-order valence-corrected chi connectivity index (χ3v) is 4.99. The summed E-state index contributed by atoms with van der Waals surface area (Å²) in [5, 5.41) is 2.88. The van der Waals surface area contributed by atoms with Gasteiger partial charge in [-0.2, -0.15) is 0 Å². The first kappa shape index (κ1) is 21.8. The minimum Gasteiger partial charge on any atom is -0.497 e. The molecule has 0 atom stereocenters. The molecule has 0 saturated carbocycles. The molecule has 0 bridgehead atoms. The molecule has 3 aromatic rings. The number of ether oxygens (including phenoxy) is 4. The number of hydrogen-bond acceptors (Lipinski definition) is 5. The van der Waals surface area contributed by atoms with Gasteiger partial charge in [-0.05, 0) is 90.2 Å². The Morgan fingerprint density at radius 2 is 1.50 bits per heavy atom. The Labute approximate surface area is 189 Å². The number of methoxy groups -OCH3 is 2. The molecule has 3 rings (SSSR count). The molecular formula is C23H22INO5. The normalized spacial score (nSPS) is 10.3. The summed E-state index contributed by atoms with van der Waals surface area (Å²) in [6.45, 7) is 2.42. The van der Waals surface area contributed by atoms with Crippen LogP contribution in [0.3, 0.4) is 0 Å². The van der Waals surface area contributed by atoms with Crippen LogP contribution in [-0.4, -0.2) is 26.7 Å². The minimum atomic E-state index is -0.238. The molecule has 3 aromatic carbocycles. The first-order valence-electron chi connectivity index (χ1n) is 9.27. The van der Waals surface area contributed by atoms with Crippen LogP contribution in [0.1, 0.15) is 17.3 Å². The number of rotatable bonds is 8. The number of carbonyl (C=O) groups is 1. The van der Waals surface area contributed by atoms with Crippen molar-refractivity contribution in [1.82, 2.24) is 0 Å². The maximum atomic E-state index is 12.7. The Morgan fingerprint density at radius 3 is 2.07 bits per heavy atom. The third-order valence-electron chi connectivity index (χ3n) is 4.19. The Hall–Kier alpha value is -2.94. The average Bonchev–Trinajstić information content (AvgIpc) is 2.77. The highest BCUT2D eigenvalue weighted by Crippen LogP contribution is 2.34. The van der Waals surface area contributed by atoms with Crippen LogP contribution in [0, 0.1) is 3.57 Å². The number of benzene rings is 3. The summed E-state index contributed by atoms with van der Waals surface area (Å²) >= 11 is 2.13. The van der Waals surface area contributed by atoms with Crippen molar-refractivity contribution in [2.24, 2.45) is 0 Å². The van der Waals surface area contributed by atoms with Gasteiger partial charge in [-0.3, -0.25) is 4.79 Å². The second kappa shape index (κ2) is 10.2. The predicted molar refractivity (Wildman–Crippen MR) is 124 cm³/mol. The fourth-order valence-electron chi connectivity index (χ4n) is 2.72. The van der Waals surface area contributed by atoms with E-state index in [2.05, 4.69) is 27.9 Å².